The van der Waals surface area contributed by atoms with Gasteiger partial charge >= 0.3 is 6.03 Å². The zero-order valence-corrected chi connectivity index (χ0v) is 11.5. The number of nitrogens with one attached hydrogen (secondary N) is 1. The molecule has 3 amide bonds. The SMILES string of the molecule is CC(N)C1CCCN(CCC(=O)NC(N)=O)C1.Cl. The largest absolute Gasteiger partial charge is 0.351 e. The predicted molar refractivity (Wildman–Crippen MR) is 72.4 cm³/mol. The smallest absolute Gasteiger partial charge is 0.318 e. The van der Waals surface area contributed by atoms with Crippen LogP contribution in [-0.2, 0) is 4.79 Å². The van der Waals surface area contributed by atoms with Gasteiger partial charge in [0.2, 0.25) is 5.91 Å². The summed E-state index contributed by atoms with van der Waals surface area (Å²) in [5.74, 6) is 0.184. The summed E-state index contributed by atoms with van der Waals surface area (Å²) in [6, 6.07) is -0.598. The lowest BCUT2D eigenvalue weighted by Crippen LogP contribution is -2.44. The first-order valence-electron chi connectivity index (χ1n) is 6.06. The van der Waals surface area contributed by atoms with Crippen molar-refractivity contribution in [2.24, 2.45) is 17.4 Å². The summed E-state index contributed by atoms with van der Waals surface area (Å²) < 4.78 is 0. The van der Waals surface area contributed by atoms with Crippen LogP contribution in [0.5, 0.6) is 0 Å². The van der Waals surface area contributed by atoms with Crippen molar-refractivity contribution < 1.29 is 9.59 Å². The molecule has 0 aromatic rings. The third-order valence-corrected chi connectivity index (χ3v) is 3.20. The Balaban J connectivity index is 0.00000289. The van der Waals surface area contributed by atoms with Gasteiger partial charge < -0.3 is 16.4 Å². The Bertz CT molecular complexity index is 286. The molecular weight excluding hydrogens is 256 g/mol. The Morgan fingerprint density at radius 3 is 2.72 bits per heavy atom. The lowest BCUT2D eigenvalue weighted by molar-refractivity contribution is -0.120. The minimum absolute atomic E-state index is 0. The van der Waals surface area contributed by atoms with Crippen molar-refractivity contribution in [3.8, 4) is 0 Å². The number of imide groups is 1. The Morgan fingerprint density at radius 1 is 1.50 bits per heavy atom. The second kappa shape index (κ2) is 8.29. The average molecular weight is 279 g/mol. The molecule has 0 saturated carbocycles. The van der Waals surface area contributed by atoms with E-state index >= 15 is 0 Å². The third-order valence-electron chi connectivity index (χ3n) is 3.20. The van der Waals surface area contributed by atoms with Crippen LogP contribution in [0.15, 0.2) is 0 Å². The van der Waals surface area contributed by atoms with Crippen LogP contribution in [0.25, 0.3) is 0 Å². The van der Waals surface area contributed by atoms with Crippen molar-refractivity contribution in [3.05, 3.63) is 0 Å². The molecule has 0 aliphatic carbocycles. The highest BCUT2D eigenvalue weighted by Crippen LogP contribution is 2.18. The van der Waals surface area contributed by atoms with Crippen LogP contribution in [0.1, 0.15) is 26.2 Å². The van der Waals surface area contributed by atoms with Crippen molar-refractivity contribution in [1.82, 2.24) is 10.2 Å². The van der Waals surface area contributed by atoms with Crippen molar-refractivity contribution in [2.45, 2.75) is 32.2 Å². The summed E-state index contributed by atoms with van der Waals surface area (Å²) in [5.41, 5.74) is 10.7. The van der Waals surface area contributed by atoms with Gasteiger partial charge in [-0.25, -0.2) is 4.79 Å². The number of rotatable bonds is 4. The predicted octanol–water partition coefficient (Wildman–Crippen LogP) is 0.0524. The summed E-state index contributed by atoms with van der Waals surface area (Å²) in [4.78, 5) is 23.9. The number of urea groups is 1. The van der Waals surface area contributed by atoms with E-state index in [-0.39, 0.29) is 24.4 Å². The number of piperidine rings is 1. The molecule has 1 rings (SSSR count). The Labute approximate surface area is 114 Å². The number of hydrogen-bond donors (Lipinski definition) is 3. The van der Waals surface area contributed by atoms with Gasteiger partial charge in [-0.1, -0.05) is 0 Å². The normalized spacial score (nSPS) is 21.8. The highest BCUT2D eigenvalue weighted by atomic mass is 35.5. The standard InChI is InChI=1S/C11H22N4O2.ClH/c1-8(12)9-3-2-5-15(7-9)6-4-10(16)14-11(13)17;/h8-9H,2-7,12H2,1H3,(H3,13,14,16,17);1H. The number of halogens is 1. The maximum Gasteiger partial charge on any atom is 0.318 e. The summed E-state index contributed by atoms with van der Waals surface area (Å²) >= 11 is 0. The second-order valence-electron chi connectivity index (χ2n) is 4.72. The van der Waals surface area contributed by atoms with Crippen LogP contribution in [0.3, 0.4) is 0 Å². The van der Waals surface area contributed by atoms with Gasteiger partial charge in [-0.2, -0.15) is 0 Å². The molecule has 1 fully saturated rings. The molecule has 2 unspecified atom stereocenters. The van der Waals surface area contributed by atoms with Crippen molar-refractivity contribution in [2.75, 3.05) is 19.6 Å². The van der Waals surface area contributed by atoms with E-state index in [2.05, 4.69) is 10.2 Å². The minimum atomic E-state index is -0.790. The quantitative estimate of drug-likeness (QED) is 0.676. The van der Waals surface area contributed by atoms with E-state index in [9.17, 15) is 9.59 Å². The fourth-order valence-corrected chi connectivity index (χ4v) is 2.18. The van der Waals surface area contributed by atoms with Crippen molar-refractivity contribution in [3.63, 3.8) is 0 Å². The molecule has 2 atom stereocenters. The molecule has 1 aliphatic rings. The fourth-order valence-electron chi connectivity index (χ4n) is 2.18. The van der Waals surface area contributed by atoms with Gasteiger partial charge in [0, 0.05) is 25.6 Å². The van der Waals surface area contributed by atoms with Gasteiger partial charge in [0.15, 0.2) is 0 Å². The maximum absolute atomic E-state index is 11.2. The number of likely N-dealkylation sites (tertiary alicyclic amines) is 1. The average Bonchev–Trinajstić information content (AvgIpc) is 2.26. The third kappa shape index (κ3) is 6.18. The molecule has 18 heavy (non-hydrogen) atoms. The first-order chi connectivity index (χ1) is 7.99. The molecule has 106 valence electrons. The number of carbonyl (C=O) groups excluding carboxylic acids is 2. The van der Waals surface area contributed by atoms with E-state index in [1.54, 1.807) is 0 Å². The number of primary amides is 1. The number of hydrogen-bond acceptors (Lipinski definition) is 4. The summed E-state index contributed by atoms with van der Waals surface area (Å²) in [6.07, 6.45) is 2.57. The van der Waals surface area contributed by atoms with Crippen LogP contribution >= 0.6 is 12.4 Å². The van der Waals surface area contributed by atoms with Crippen LogP contribution in [-0.4, -0.2) is 42.5 Å². The minimum Gasteiger partial charge on any atom is -0.351 e. The van der Waals surface area contributed by atoms with E-state index in [4.69, 9.17) is 11.5 Å². The van der Waals surface area contributed by atoms with E-state index < -0.39 is 6.03 Å². The Kier molecular flexibility index (Phi) is 7.90. The zero-order chi connectivity index (χ0) is 12.8. The van der Waals surface area contributed by atoms with Crippen molar-refractivity contribution in [1.29, 1.82) is 0 Å². The molecule has 7 heteroatoms. The lowest BCUT2D eigenvalue weighted by Gasteiger charge is -2.34. The molecule has 0 aromatic carbocycles. The zero-order valence-electron chi connectivity index (χ0n) is 10.7. The summed E-state index contributed by atoms with van der Waals surface area (Å²) in [5, 5.41) is 2.06. The Morgan fingerprint density at radius 2 is 2.17 bits per heavy atom. The fraction of sp³-hybridized carbons (Fsp3) is 0.818. The van der Waals surface area contributed by atoms with Gasteiger partial charge in [0.25, 0.3) is 0 Å². The first-order valence-corrected chi connectivity index (χ1v) is 6.06. The molecule has 1 saturated heterocycles. The number of nitrogens with zero attached hydrogens (tertiary/aromatic N) is 1. The van der Waals surface area contributed by atoms with Gasteiger partial charge in [-0.15, -0.1) is 12.4 Å². The van der Waals surface area contributed by atoms with Gasteiger partial charge in [-0.05, 0) is 32.2 Å². The van der Waals surface area contributed by atoms with Gasteiger partial charge in [0.05, 0.1) is 0 Å². The monoisotopic (exact) mass is 278 g/mol. The first kappa shape index (κ1) is 17.2. The van der Waals surface area contributed by atoms with Crippen LogP contribution in [0, 0.1) is 5.92 Å². The topological polar surface area (TPSA) is 101 Å². The molecule has 0 aromatic heterocycles. The van der Waals surface area contributed by atoms with E-state index in [1.165, 1.54) is 0 Å². The molecular formula is C11H23ClN4O2. The van der Waals surface area contributed by atoms with E-state index in [0.717, 1.165) is 25.9 Å². The maximum atomic E-state index is 11.2. The molecule has 5 N–H and O–H groups in total. The summed E-state index contributed by atoms with van der Waals surface area (Å²) in [7, 11) is 0. The highest BCUT2D eigenvalue weighted by molar-refractivity contribution is 5.93. The number of nitrogens with two attached hydrogens (primary N) is 2. The summed E-state index contributed by atoms with van der Waals surface area (Å²) in [6.45, 7) is 4.60. The van der Waals surface area contributed by atoms with Crippen LogP contribution in [0.2, 0.25) is 0 Å². The molecule has 1 aliphatic heterocycles. The van der Waals surface area contributed by atoms with Gasteiger partial charge in [0.1, 0.15) is 0 Å². The number of amides is 3. The lowest BCUT2D eigenvalue weighted by atomic mass is 9.92. The molecule has 1 heterocycles. The molecule has 0 radical (unpaired) electrons. The van der Waals surface area contributed by atoms with E-state index in [1.807, 2.05) is 6.92 Å². The van der Waals surface area contributed by atoms with E-state index in [0.29, 0.717) is 18.9 Å². The van der Waals surface area contributed by atoms with Gasteiger partial charge in [-0.3, -0.25) is 10.1 Å². The van der Waals surface area contributed by atoms with Crippen molar-refractivity contribution >= 4 is 24.3 Å². The Hall–Kier alpha value is -0.850. The molecule has 0 spiro atoms. The van der Waals surface area contributed by atoms with Crippen LogP contribution < -0.4 is 16.8 Å². The molecule has 6 nitrogen and oxygen atoms in total. The molecule has 0 bridgehead atoms. The second-order valence-corrected chi connectivity index (χ2v) is 4.72. The number of carbonyl (C=O) groups is 2. The van der Waals surface area contributed by atoms with Crippen LogP contribution in [0.4, 0.5) is 4.79 Å². The highest BCUT2D eigenvalue weighted by Gasteiger charge is 2.22.